The highest BCUT2D eigenvalue weighted by molar-refractivity contribution is 5.95. The molecule has 12 heteroatoms. The predicted octanol–water partition coefficient (Wildman–Crippen LogP) is 6.46. The van der Waals surface area contributed by atoms with Crippen molar-refractivity contribution in [3.05, 3.63) is 120 Å². The van der Waals surface area contributed by atoms with Gasteiger partial charge in [-0.15, -0.1) is 0 Å². The third-order valence-electron chi connectivity index (χ3n) is 6.89. The summed E-state index contributed by atoms with van der Waals surface area (Å²) in [6.45, 7) is 4.28. The van der Waals surface area contributed by atoms with Crippen molar-refractivity contribution in [2.75, 3.05) is 5.32 Å². The summed E-state index contributed by atoms with van der Waals surface area (Å²) in [6, 6.07) is 29.6. The Balaban J connectivity index is 1.47. The average molecular weight is 614 g/mol. The van der Waals surface area contributed by atoms with Crippen LogP contribution in [0.25, 0.3) is 11.2 Å². The summed E-state index contributed by atoms with van der Waals surface area (Å²) in [5.41, 5.74) is 15.2. The number of hydrogen-bond acceptors (Lipinski definition) is 8. The number of nitrogen functional groups attached to an aromatic ring is 1. The summed E-state index contributed by atoms with van der Waals surface area (Å²) in [7, 11) is 0. The molecule has 4 aromatic carbocycles. The maximum Gasteiger partial charge on any atom is 0.327 e. The second kappa shape index (κ2) is 12.7. The molecule has 0 unspecified atom stereocenters. The summed E-state index contributed by atoms with van der Waals surface area (Å²) in [5, 5.41) is 18.4. The standard InChI is InChI=1S/C34H31N9O3/c1-20-15-24(40-33(37)38)18-26(16-20)45-34-41-31-29(39-21(2)43(31)19-22-9-5-3-6-10-22)32(42-34)46-28-17-23(30(35)36)13-14-27(28)44-25-11-7-4-8-12-25/h3-18H,19H2,1-2H3,(H3,35,36)(H4,37,38,40). The molecule has 0 aliphatic carbocycles. The normalized spacial score (nSPS) is 10.8. The largest absolute Gasteiger partial charge is 0.453 e. The SMILES string of the molecule is Cc1cc(NC(=N)N)cc(Oc2nc(Oc3cc(C(=N)N)ccc3Oc3ccccc3)c3nc(C)n(Cc4ccccc4)c3n2)c1. The van der Waals surface area contributed by atoms with Crippen LogP contribution < -0.4 is 31.0 Å². The number of amidine groups is 1. The van der Waals surface area contributed by atoms with Gasteiger partial charge in [0.05, 0.1) is 6.54 Å². The summed E-state index contributed by atoms with van der Waals surface area (Å²) >= 11 is 0. The highest BCUT2D eigenvalue weighted by Crippen LogP contribution is 2.38. The van der Waals surface area contributed by atoms with E-state index in [9.17, 15) is 0 Å². The second-order valence-electron chi connectivity index (χ2n) is 10.5. The minimum atomic E-state index is -0.202. The van der Waals surface area contributed by atoms with Gasteiger partial charge in [-0.3, -0.25) is 10.8 Å². The summed E-state index contributed by atoms with van der Waals surface area (Å²) in [6.07, 6.45) is 0. The van der Waals surface area contributed by atoms with Crippen LogP contribution in [-0.2, 0) is 6.54 Å². The number of para-hydroxylation sites is 1. The van der Waals surface area contributed by atoms with E-state index in [1.165, 1.54) is 0 Å². The quantitative estimate of drug-likeness (QED) is 0.0855. The van der Waals surface area contributed by atoms with Crippen LogP contribution in [0.3, 0.4) is 0 Å². The first-order chi connectivity index (χ1) is 22.2. The summed E-state index contributed by atoms with van der Waals surface area (Å²) < 4.78 is 20.7. The smallest absolute Gasteiger partial charge is 0.327 e. The van der Waals surface area contributed by atoms with Gasteiger partial charge in [0.2, 0.25) is 0 Å². The molecule has 0 amide bonds. The van der Waals surface area contributed by atoms with Gasteiger partial charge in [-0.05, 0) is 67.4 Å². The van der Waals surface area contributed by atoms with E-state index >= 15 is 0 Å². The van der Waals surface area contributed by atoms with E-state index in [1.54, 1.807) is 24.3 Å². The first-order valence-electron chi connectivity index (χ1n) is 14.3. The van der Waals surface area contributed by atoms with Crippen molar-refractivity contribution in [2.45, 2.75) is 20.4 Å². The third kappa shape index (κ3) is 6.70. The van der Waals surface area contributed by atoms with Crippen molar-refractivity contribution in [1.82, 2.24) is 19.5 Å². The fraction of sp³-hybridized carbons (Fsp3) is 0.0882. The molecule has 230 valence electrons. The fourth-order valence-electron chi connectivity index (χ4n) is 4.84. The zero-order valence-electron chi connectivity index (χ0n) is 25.1. The van der Waals surface area contributed by atoms with Gasteiger partial charge in [0.25, 0.3) is 5.88 Å². The number of anilines is 1. The van der Waals surface area contributed by atoms with Gasteiger partial charge in [0.1, 0.15) is 23.2 Å². The number of rotatable bonds is 10. The number of benzene rings is 4. The van der Waals surface area contributed by atoms with E-state index in [0.29, 0.717) is 52.0 Å². The number of ether oxygens (including phenoxy) is 3. The zero-order chi connectivity index (χ0) is 32.2. The number of nitrogens with one attached hydrogen (secondary N) is 3. The van der Waals surface area contributed by atoms with Crippen LogP contribution >= 0.6 is 0 Å². The van der Waals surface area contributed by atoms with Gasteiger partial charge in [0.15, 0.2) is 28.6 Å². The number of nitrogens with zero attached hydrogens (tertiary/aromatic N) is 4. The molecular formula is C34H31N9O3. The third-order valence-corrected chi connectivity index (χ3v) is 6.89. The molecule has 2 aromatic heterocycles. The van der Waals surface area contributed by atoms with E-state index in [4.69, 9.17) is 46.5 Å². The molecule has 0 saturated carbocycles. The molecule has 0 fully saturated rings. The first kappa shape index (κ1) is 29.6. The molecule has 0 bridgehead atoms. The van der Waals surface area contributed by atoms with E-state index in [0.717, 1.165) is 11.1 Å². The maximum absolute atomic E-state index is 8.00. The van der Waals surface area contributed by atoms with Crippen molar-refractivity contribution < 1.29 is 14.2 Å². The van der Waals surface area contributed by atoms with Gasteiger partial charge in [-0.2, -0.15) is 9.97 Å². The maximum atomic E-state index is 8.00. The lowest BCUT2D eigenvalue weighted by atomic mass is 10.2. The molecule has 12 nitrogen and oxygen atoms in total. The van der Waals surface area contributed by atoms with Crippen molar-refractivity contribution in [2.24, 2.45) is 11.5 Å². The lowest BCUT2D eigenvalue weighted by molar-refractivity contribution is 0.395. The number of aryl methyl sites for hydroxylation is 2. The Bertz CT molecular complexity index is 2060. The topological polar surface area (TPSA) is 183 Å². The predicted molar refractivity (Wildman–Crippen MR) is 176 cm³/mol. The van der Waals surface area contributed by atoms with Crippen LogP contribution in [0.2, 0.25) is 0 Å². The Morgan fingerprint density at radius 3 is 2.22 bits per heavy atom. The molecule has 0 radical (unpaired) electrons. The van der Waals surface area contributed by atoms with Crippen LogP contribution in [-0.4, -0.2) is 31.3 Å². The van der Waals surface area contributed by atoms with Crippen LogP contribution in [0.1, 0.15) is 22.5 Å². The number of nitrogens with two attached hydrogens (primary N) is 2. The van der Waals surface area contributed by atoms with Crippen LogP contribution in [0.15, 0.2) is 97.1 Å². The highest BCUT2D eigenvalue weighted by atomic mass is 16.5. The number of hydrogen-bond donors (Lipinski definition) is 5. The van der Waals surface area contributed by atoms with Crippen LogP contribution in [0.4, 0.5) is 5.69 Å². The highest BCUT2D eigenvalue weighted by Gasteiger charge is 2.21. The summed E-state index contributed by atoms with van der Waals surface area (Å²) in [5.74, 6) is 2.13. The lowest BCUT2D eigenvalue weighted by Crippen LogP contribution is -2.20. The van der Waals surface area contributed by atoms with Crippen molar-refractivity contribution in [3.63, 3.8) is 0 Å². The van der Waals surface area contributed by atoms with E-state index in [2.05, 4.69) is 10.3 Å². The molecular weight excluding hydrogens is 582 g/mol. The molecule has 6 aromatic rings. The Morgan fingerprint density at radius 1 is 0.761 bits per heavy atom. The minimum Gasteiger partial charge on any atom is -0.453 e. The van der Waals surface area contributed by atoms with Crippen LogP contribution in [0, 0.1) is 24.7 Å². The Labute approximate surface area is 264 Å². The number of imidazole rings is 1. The van der Waals surface area contributed by atoms with Crippen molar-refractivity contribution >= 4 is 28.6 Å². The molecule has 0 atom stereocenters. The number of guanidine groups is 1. The van der Waals surface area contributed by atoms with Gasteiger partial charge in [-0.1, -0.05) is 48.5 Å². The van der Waals surface area contributed by atoms with E-state index < -0.39 is 0 Å². The number of aromatic nitrogens is 4. The lowest BCUT2D eigenvalue weighted by Gasteiger charge is -2.14. The van der Waals surface area contributed by atoms with E-state index in [1.807, 2.05) is 91.2 Å². The molecule has 0 aliphatic heterocycles. The molecule has 0 aliphatic rings. The van der Waals surface area contributed by atoms with Gasteiger partial charge in [-0.25, -0.2) is 4.98 Å². The summed E-state index contributed by atoms with van der Waals surface area (Å²) in [4.78, 5) is 14.2. The fourth-order valence-corrected chi connectivity index (χ4v) is 4.84. The molecule has 0 spiro atoms. The average Bonchev–Trinajstić information content (AvgIpc) is 3.33. The zero-order valence-corrected chi connectivity index (χ0v) is 25.1. The van der Waals surface area contributed by atoms with Crippen molar-refractivity contribution in [1.29, 1.82) is 10.8 Å². The van der Waals surface area contributed by atoms with Gasteiger partial charge < -0.3 is 35.6 Å². The Kier molecular flexibility index (Phi) is 8.16. The Hall–Kier alpha value is -6.43. The molecule has 6 rings (SSSR count). The second-order valence-corrected chi connectivity index (χ2v) is 10.5. The van der Waals surface area contributed by atoms with Gasteiger partial charge >= 0.3 is 6.01 Å². The molecule has 7 N–H and O–H groups in total. The monoisotopic (exact) mass is 613 g/mol. The van der Waals surface area contributed by atoms with E-state index in [-0.39, 0.29) is 29.4 Å². The van der Waals surface area contributed by atoms with Crippen molar-refractivity contribution in [3.8, 4) is 34.9 Å². The molecule has 46 heavy (non-hydrogen) atoms. The number of fused-ring (bicyclic) bond motifs is 1. The molecule has 2 heterocycles. The van der Waals surface area contributed by atoms with Crippen LogP contribution in [0.5, 0.6) is 34.9 Å². The molecule has 0 saturated heterocycles. The first-order valence-corrected chi connectivity index (χ1v) is 14.3. The van der Waals surface area contributed by atoms with Gasteiger partial charge in [0, 0.05) is 17.3 Å². The Morgan fingerprint density at radius 2 is 1.50 bits per heavy atom. The minimum absolute atomic E-state index is 0.00402.